The third-order valence-electron chi connectivity index (χ3n) is 4.47. The number of H-pyrrole nitrogens is 1. The molecule has 23 heavy (non-hydrogen) atoms. The number of aromatic amines is 1. The highest BCUT2D eigenvalue weighted by Crippen LogP contribution is 2.42. The Bertz CT molecular complexity index is 719. The SMILES string of the molecule is O=C(NCCc1ccc(=O)[nH]c1)C1CCC1c1ccc(F)cc1. The number of amides is 1. The van der Waals surface area contributed by atoms with Gasteiger partial charge >= 0.3 is 0 Å². The van der Waals surface area contributed by atoms with Gasteiger partial charge in [-0.3, -0.25) is 9.59 Å². The van der Waals surface area contributed by atoms with Crippen LogP contribution in [0.3, 0.4) is 0 Å². The lowest BCUT2D eigenvalue weighted by Gasteiger charge is -2.35. The summed E-state index contributed by atoms with van der Waals surface area (Å²) in [6.07, 6.45) is 4.17. The second kappa shape index (κ2) is 6.77. The second-order valence-corrected chi connectivity index (χ2v) is 5.94. The average Bonchev–Trinajstić information content (AvgIpc) is 2.50. The van der Waals surface area contributed by atoms with Crippen molar-refractivity contribution in [2.45, 2.75) is 25.2 Å². The largest absolute Gasteiger partial charge is 0.356 e. The second-order valence-electron chi connectivity index (χ2n) is 5.94. The van der Waals surface area contributed by atoms with E-state index in [4.69, 9.17) is 0 Å². The zero-order chi connectivity index (χ0) is 16.2. The molecule has 2 N–H and O–H groups in total. The minimum atomic E-state index is -0.255. The minimum absolute atomic E-state index is 0.0314. The van der Waals surface area contributed by atoms with Crippen molar-refractivity contribution in [2.24, 2.45) is 5.92 Å². The summed E-state index contributed by atoms with van der Waals surface area (Å²) < 4.78 is 13.0. The molecule has 1 aliphatic rings. The lowest BCUT2D eigenvalue weighted by molar-refractivity contribution is -0.128. The summed E-state index contributed by atoms with van der Waals surface area (Å²) in [4.78, 5) is 25.9. The van der Waals surface area contributed by atoms with Crippen molar-refractivity contribution in [1.82, 2.24) is 10.3 Å². The normalized spacial score (nSPS) is 19.9. The van der Waals surface area contributed by atoms with E-state index in [0.717, 1.165) is 24.0 Å². The van der Waals surface area contributed by atoms with Crippen LogP contribution < -0.4 is 10.9 Å². The Kier molecular flexibility index (Phi) is 4.55. The maximum Gasteiger partial charge on any atom is 0.247 e. The third-order valence-corrected chi connectivity index (χ3v) is 4.47. The number of rotatable bonds is 5. The molecule has 5 heteroatoms. The molecule has 2 atom stereocenters. The molecule has 0 spiro atoms. The number of aromatic nitrogens is 1. The fraction of sp³-hybridized carbons (Fsp3) is 0.333. The van der Waals surface area contributed by atoms with Crippen molar-refractivity contribution >= 4 is 5.91 Å². The topological polar surface area (TPSA) is 62.0 Å². The number of nitrogens with one attached hydrogen (secondary N) is 2. The number of carbonyl (C=O) groups is 1. The molecular formula is C18H19FN2O2. The molecule has 1 aromatic heterocycles. The van der Waals surface area contributed by atoms with Crippen molar-refractivity contribution in [3.8, 4) is 0 Å². The third kappa shape index (κ3) is 3.67. The summed E-state index contributed by atoms with van der Waals surface area (Å²) >= 11 is 0. The van der Waals surface area contributed by atoms with E-state index in [1.807, 2.05) is 0 Å². The summed E-state index contributed by atoms with van der Waals surface area (Å²) in [6, 6.07) is 9.65. The fourth-order valence-corrected chi connectivity index (χ4v) is 2.98. The Hall–Kier alpha value is -2.43. The van der Waals surface area contributed by atoms with E-state index in [1.165, 1.54) is 18.2 Å². The van der Waals surface area contributed by atoms with Gasteiger partial charge in [0.05, 0.1) is 0 Å². The van der Waals surface area contributed by atoms with Gasteiger partial charge in [-0.05, 0) is 48.4 Å². The monoisotopic (exact) mass is 314 g/mol. The van der Waals surface area contributed by atoms with Crippen LogP contribution in [0.15, 0.2) is 47.4 Å². The first-order valence-corrected chi connectivity index (χ1v) is 7.84. The number of carbonyl (C=O) groups excluding carboxylic acids is 1. The summed E-state index contributed by atoms with van der Waals surface area (Å²) in [5, 5.41) is 2.95. The number of pyridine rings is 1. The zero-order valence-corrected chi connectivity index (χ0v) is 12.7. The molecular weight excluding hydrogens is 295 g/mol. The van der Waals surface area contributed by atoms with Crippen molar-refractivity contribution in [3.63, 3.8) is 0 Å². The van der Waals surface area contributed by atoms with Crippen LogP contribution >= 0.6 is 0 Å². The molecule has 0 bridgehead atoms. The fourth-order valence-electron chi connectivity index (χ4n) is 2.98. The molecule has 120 valence electrons. The van der Waals surface area contributed by atoms with Crippen LogP contribution in [0.1, 0.15) is 29.9 Å². The van der Waals surface area contributed by atoms with Gasteiger partial charge < -0.3 is 10.3 Å². The van der Waals surface area contributed by atoms with E-state index in [1.54, 1.807) is 24.4 Å². The number of hydrogen-bond donors (Lipinski definition) is 2. The smallest absolute Gasteiger partial charge is 0.247 e. The molecule has 1 aromatic carbocycles. The van der Waals surface area contributed by atoms with Gasteiger partial charge in [-0.2, -0.15) is 0 Å². The maximum absolute atomic E-state index is 13.0. The molecule has 0 radical (unpaired) electrons. The van der Waals surface area contributed by atoms with E-state index >= 15 is 0 Å². The molecule has 1 amide bonds. The van der Waals surface area contributed by atoms with E-state index in [9.17, 15) is 14.0 Å². The highest BCUT2D eigenvalue weighted by molar-refractivity contribution is 5.80. The zero-order valence-electron chi connectivity index (χ0n) is 12.7. The van der Waals surface area contributed by atoms with Crippen molar-refractivity contribution in [2.75, 3.05) is 6.54 Å². The first-order chi connectivity index (χ1) is 11.1. The van der Waals surface area contributed by atoms with Gasteiger partial charge in [-0.15, -0.1) is 0 Å². The van der Waals surface area contributed by atoms with Crippen molar-refractivity contribution in [3.05, 3.63) is 69.9 Å². The van der Waals surface area contributed by atoms with Gasteiger partial charge in [0.15, 0.2) is 0 Å². The molecule has 2 unspecified atom stereocenters. The standard InChI is InChI=1S/C18H19FN2O2/c19-14-4-2-13(3-5-14)15-6-7-16(15)18(23)20-10-9-12-1-8-17(22)21-11-12/h1-5,8,11,15-16H,6-7,9-10H2,(H,20,23)(H,21,22). The molecule has 1 aliphatic carbocycles. The molecule has 0 saturated heterocycles. The first kappa shape index (κ1) is 15.5. The molecule has 0 aliphatic heterocycles. The predicted molar refractivity (Wildman–Crippen MR) is 85.6 cm³/mol. The molecule has 4 nitrogen and oxygen atoms in total. The van der Waals surface area contributed by atoms with Crippen LogP contribution in [0.25, 0.3) is 0 Å². The van der Waals surface area contributed by atoms with Crippen LogP contribution in [0.4, 0.5) is 4.39 Å². The summed E-state index contributed by atoms with van der Waals surface area (Å²) in [5.74, 6) is -0.0512. The van der Waals surface area contributed by atoms with Crippen LogP contribution in [0.5, 0.6) is 0 Å². The van der Waals surface area contributed by atoms with Gasteiger partial charge in [0.1, 0.15) is 5.82 Å². The number of hydrogen-bond acceptors (Lipinski definition) is 2. The van der Waals surface area contributed by atoms with E-state index < -0.39 is 0 Å². The highest BCUT2D eigenvalue weighted by Gasteiger charge is 2.37. The molecule has 1 heterocycles. The first-order valence-electron chi connectivity index (χ1n) is 7.84. The number of halogens is 1. The predicted octanol–water partition coefficient (Wildman–Crippen LogP) is 2.37. The highest BCUT2D eigenvalue weighted by atomic mass is 19.1. The summed E-state index contributed by atoms with van der Waals surface area (Å²) in [7, 11) is 0. The van der Waals surface area contributed by atoms with Gasteiger partial charge in [0.25, 0.3) is 0 Å². The van der Waals surface area contributed by atoms with Crippen LogP contribution in [-0.2, 0) is 11.2 Å². The lowest BCUT2D eigenvalue weighted by Crippen LogP contribution is -2.40. The van der Waals surface area contributed by atoms with Crippen molar-refractivity contribution < 1.29 is 9.18 Å². The Morgan fingerprint density at radius 1 is 1.17 bits per heavy atom. The van der Waals surface area contributed by atoms with Crippen LogP contribution in [0.2, 0.25) is 0 Å². The van der Waals surface area contributed by atoms with Gasteiger partial charge in [0.2, 0.25) is 11.5 Å². The summed E-state index contributed by atoms with van der Waals surface area (Å²) in [5.41, 5.74) is 1.88. The Labute approximate surface area is 133 Å². The van der Waals surface area contributed by atoms with Gasteiger partial charge in [0, 0.05) is 24.7 Å². The van der Waals surface area contributed by atoms with Gasteiger partial charge in [-0.1, -0.05) is 18.2 Å². The molecule has 3 rings (SSSR count). The van der Waals surface area contributed by atoms with E-state index in [0.29, 0.717) is 13.0 Å². The molecule has 2 aromatic rings. The lowest BCUT2D eigenvalue weighted by atomic mass is 9.69. The maximum atomic E-state index is 13.0. The van der Waals surface area contributed by atoms with E-state index in [-0.39, 0.29) is 29.1 Å². The Morgan fingerprint density at radius 2 is 1.96 bits per heavy atom. The molecule has 1 fully saturated rings. The quantitative estimate of drug-likeness (QED) is 0.890. The average molecular weight is 314 g/mol. The van der Waals surface area contributed by atoms with Crippen molar-refractivity contribution in [1.29, 1.82) is 0 Å². The van der Waals surface area contributed by atoms with Crippen LogP contribution in [-0.4, -0.2) is 17.4 Å². The van der Waals surface area contributed by atoms with E-state index in [2.05, 4.69) is 10.3 Å². The Balaban J connectivity index is 1.51. The van der Waals surface area contributed by atoms with Crippen LogP contribution in [0, 0.1) is 11.7 Å². The van der Waals surface area contributed by atoms with Gasteiger partial charge in [-0.25, -0.2) is 4.39 Å². The Morgan fingerprint density at radius 3 is 2.57 bits per heavy atom. The number of benzene rings is 1. The summed E-state index contributed by atoms with van der Waals surface area (Å²) in [6.45, 7) is 0.539. The minimum Gasteiger partial charge on any atom is -0.356 e. The molecule has 1 saturated carbocycles.